The van der Waals surface area contributed by atoms with Gasteiger partial charge in [-0.1, -0.05) is 25.1 Å². The van der Waals surface area contributed by atoms with E-state index in [0.29, 0.717) is 11.3 Å². The average Bonchev–Trinajstić information content (AvgIpc) is 3.20. The average molecular weight is 361 g/mol. The molecule has 0 radical (unpaired) electrons. The molecule has 138 valence electrons. The predicted molar refractivity (Wildman–Crippen MR) is 105 cm³/mol. The molecule has 6 heteroatoms. The first-order valence-corrected chi connectivity index (χ1v) is 9.33. The second-order valence-electron chi connectivity index (χ2n) is 6.64. The zero-order valence-electron chi connectivity index (χ0n) is 15.5. The number of amides is 1. The number of piperazine rings is 1. The first-order chi connectivity index (χ1) is 13.3. The van der Waals surface area contributed by atoms with E-state index in [-0.39, 0.29) is 5.91 Å². The van der Waals surface area contributed by atoms with Crippen LogP contribution in [0.1, 0.15) is 17.3 Å². The zero-order valence-corrected chi connectivity index (χ0v) is 15.5. The Kier molecular flexibility index (Phi) is 4.98. The second-order valence-corrected chi connectivity index (χ2v) is 6.64. The summed E-state index contributed by atoms with van der Waals surface area (Å²) in [6, 6.07) is 13.7. The molecule has 1 aliphatic rings. The third-order valence-corrected chi connectivity index (χ3v) is 5.01. The van der Waals surface area contributed by atoms with E-state index >= 15 is 0 Å². The normalized spacial score (nSPS) is 15.1. The lowest BCUT2D eigenvalue weighted by molar-refractivity contribution is 0.0644. The molecule has 0 unspecified atom stereocenters. The van der Waals surface area contributed by atoms with Gasteiger partial charge in [-0.05, 0) is 30.8 Å². The van der Waals surface area contributed by atoms with Gasteiger partial charge in [0.25, 0.3) is 5.91 Å². The monoisotopic (exact) mass is 361 g/mol. The van der Waals surface area contributed by atoms with Gasteiger partial charge in [0.2, 0.25) is 0 Å². The highest BCUT2D eigenvalue weighted by Gasteiger charge is 2.26. The van der Waals surface area contributed by atoms with Gasteiger partial charge >= 0.3 is 0 Å². The highest BCUT2D eigenvalue weighted by Crippen LogP contribution is 2.24. The Balaban J connectivity index is 1.70. The Morgan fingerprint density at radius 3 is 2.48 bits per heavy atom. The molecule has 6 nitrogen and oxygen atoms in total. The largest absolute Gasteiger partial charge is 0.336 e. The number of nitrogens with zero attached hydrogens (tertiary/aromatic N) is 5. The molecule has 1 amide bonds. The summed E-state index contributed by atoms with van der Waals surface area (Å²) in [4.78, 5) is 21.8. The van der Waals surface area contributed by atoms with Crippen molar-refractivity contribution in [2.45, 2.75) is 6.92 Å². The molecule has 0 saturated carbocycles. The van der Waals surface area contributed by atoms with Crippen molar-refractivity contribution in [2.24, 2.45) is 0 Å². The van der Waals surface area contributed by atoms with Crippen molar-refractivity contribution in [2.75, 3.05) is 32.7 Å². The maximum absolute atomic E-state index is 13.3. The molecular formula is C21H23N5O. The number of carbonyl (C=O) groups excluding carboxylic acids is 1. The quantitative estimate of drug-likeness (QED) is 0.717. The third-order valence-electron chi connectivity index (χ3n) is 5.01. The van der Waals surface area contributed by atoms with Crippen LogP contribution in [0, 0.1) is 0 Å². The smallest absolute Gasteiger partial charge is 0.257 e. The summed E-state index contributed by atoms with van der Waals surface area (Å²) in [5, 5.41) is 4.72. The van der Waals surface area contributed by atoms with Crippen LogP contribution in [0.3, 0.4) is 0 Å². The fraction of sp³-hybridized carbons (Fsp3) is 0.286. The molecular weight excluding hydrogens is 338 g/mol. The Hall–Kier alpha value is -2.99. The standard InChI is InChI=1S/C21H23N5O/c1-2-24-11-13-25(14-12-24)21(27)19-16-26(18-8-4-3-5-9-18)23-20(19)17-7-6-10-22-15-17/h3-10,15-16H,2,11-14H2,1H3. The lowest BCUT2D eigenvalue weighted by atomic mass is 10.1. The first-order valence-electron chi connectivity index (χ1n) is 9.33. The lowest BCUT2D eigenvalue weighted by Crippen LogP contribution is -2.48. The molecule has 0 N–H and O–H groups in total. The van der Waals surface area contributed by atoms with Crippen LogP contribution < -0.4 is 0 Å². The van der Waals surface area contributed by atoms with E-state index in [1.807, 2.05) is 53.6 Å². The Morgan fingerprint density at radius 1 is 1.04 bits per heavy atom. The van der Waals surface area contributed by atoms with Crippen LogP contribution in [0.4, 0.5) is 0 Å². The number of carbonyl (C=O) groups is 1. The van der Waals surface area contributed by atoms with Gasteiger partial charge in [0, 0.05) is 50.3 Å². The number of hydrogen-bond acceptors (Lipinski definition) is 4. The van der Waals surface area contributed by atoms with Crippen molar-refractivity contribution in [3.8, 4) is 16.9 Å². The van der Waals surface area contributed by atoms with Crippen molar-refractivity contribution in [1.82, 2.24) is 24.6 Å². The molecule has 0 spiro atoms. The zero-order chi connectivity index (χ0) is 18.6. The fourth-order valence-corrected chi connectivity index (χ4v) is 3.40. The van der Waals surface area contributed by atoms with Gasteiger partial charge < -0.3 is 9.80 Å². The first kappa shape index (κ1) is 17.4. The van der Waals surface area contributed by atoms with Gasteiger partial charge in [0.1, 0.15) is 5.69 Å². The van der Waals surface area contributed by atoms with Crippen molar-refractivity contribution in [1.29, 1.82) is 0 Å². The molecule has 0 aliphatic carbocycles. The summed E-state index contributed by atoms with van der Waals surface area (Å²) < 4.78 is 1.78. The minimum absolute atomic E-state index is 0.0341. The number of likely N-dealkylation sites (N-methyl/N-ethyl adjacent to an activating group) is 1. The number of pyridine rings is 1. The summed E-state index contributed by atoms with van der Waals surface area (Å²) in [5.74, 6) is 0.0341. The number of hydrogen-bond donors (Lipinski definition) is 0. The van der Waals surface area contributed by atoms with Crippen molar-refractivity contribution >= 4 is 5.91 Å². The minimum Gasteiger partial charge on any atom is -0.336 e. The third kappa shape index (κ3) is 3.61. The summed E-state index contributed by atoms with van der Waals surface area (Å²) >= 11 is 0. The van der Waals surface area contributed by atoms with E-state index in [1.165, 1.54) is 0 Å². The number of rotatable bonds is 4. The van der Waals surface area contributed by atoms with E-state index in [0.717, 1.165) is 44.0 Å². The highest BCUT2D eigenvalue weighted by atomic mass is 16.2. The van der Waals surface area contributed by atoms with E-state index < -0.39 is 0 Å². The summed E-state index contributed by atoms with van der Waals surface area (Å²) in [5.41, 5.74) is 3.08. The molecule has 0 atom stereocenters. The van der Waals surface area contributed by atoms with Crippen molar-refractivity contribution in [3.05, 3.63) is 66.6 Å². The number of aromatic nitrogens is 3. The molecule has 0 bridgehead atoms. The van der Waals surface area contributed by atoms with E-state index in [9.17, 15) is 4.79 Å². The molecule has 3 heterocycles. The van der Waals surface area contributed by atoms with Crippen molar-refractivity contribution in [3.63, 3.8) is 0 Å². The number of benzene rings is 1. The van der Waals surface area contributed by atoms with E-state index in [4.69, 9.17) is 5.10 Å². The summed E-state index contributed by atoms with van der Waals surface area (Å²) in [6.45, 7) is 6.50. The van der Waals surface area contributed by atoms with Gasteiger partial charge in [-0.3, -0.25) is 9.78 Å². The SMILES string of the molecule is CCN1CCN(C(=O)c2cn(-c3ccccc3)nc2-c2cccnc2)CC1. The van der Waals surface area contributed by atoms with E-state index in [1.54, 1.807) is 17.1 Å². The highest BCUT2D eigenvalue weighted by molar-refractivity contribution is 6.00. The lowest BCUT2D eigenvalue weighted by Gasteiger charge is -2.34. The predicted octanol–water partition coefficient (Wildman–Crippen LogP) is 2.71. The van der Waals surface area contributed by atoms with Crippen LogP contribution in [0.15, 0.2) is 61.1 Å². The van der Waals surface area contributed by atoms with Gasteiger partial charge in [0.15, 0.2) is 0 Å². The summed E-state index contributed by atoms with van der Waals surface area (Å²) in [7, 11) is 0. The van der Waals surface area contributed by atoms with Gasteiger partial charge in [0.05, 0.1) is 11.3 Å². The van der Waals surface area contributed by atoms with Crippen LogP contribution in [0.2, 0.25) is 0 Å². The Bertz CT molecular complexity index is 899. The van der Waals surface area contributed by atoms with Gasteiger partial charge in [-0.15, -0.1) is 0 Å². The molecule has 1 saturated heterocycles. The summed E-state index contributed by atoms with van der Waals surface area (Å²) in [6.07, 6.45) is 5.32. The Morgan fingerprint density at radius 2 is 1.81 bits per heavy atom. The van der Waals surface area contributed by atoms with Crippen LogP contribution in [-0.2, 0) is 0 Å². The minimum atomic E-state index is 0.0341. The van der Waals surface area contributed by atoms with Crippen LogP contribution in [0.5, 0.6) is 0 Å². The molecule has 3 aromatic rings. The molecule has 1 aromatic carbocycles. The van der Waals surface area contributed by atoms with Gasteiger partial charge in [-0.2, -0.15) is 5.10 Å². The molecule has 2 aromatic heterocycles. The Labute approximate surface area is 159 Å². The van der Waals surface area contributed by atoms with Gasteiger partial charge in [-0.25, -0.2) is 4.68 Å². The molecule has 1 aliphatic heterocycles. The van der Waals surface area contributed by atoms with Crippen molar-refractivity contribution < 1.29 is 4.79 Å². The second kappa shape index (κ2) is 7.72. The molecule has 4 rings (SSSR count). The maximum Gasteiger partial charge on any atom is 0.257 e. The molecule has 27 heavy (non-hydrogen) atoms. The van der Waals surface area contributed by atoms with Crippen LogP contribution in [0.25, 0.3) is 16.9 Å². The van der Waals surface area contributed by atoms with Crippen LogP contribution >= 0.6 is 0 Å². The van der Waals surface area contributed by atoms with E-state index in [2.05, 4.69) is 16.8 Å². The molecule has 1 fully saturated rings. The topological polar surface area (TPSA) is 54.3 Å². The fourth-order valence-electron chi connectivity index (χ4n) is 3.40. The number of para-hydroxylation sites is 1. The van der Waals surface area contributed by atoms with Crippen LogP contribution in [-0.4, -0.2) is 63.2 Å². The maximum atomic E-state index is 13.3.